The van der Waals surface area contributed by atoms with Gasteiger partial charge in [0, 0.05) is 18.7 Å². The first-order valence-corrected chi connectivity index (χ1v) is 5.26. The molecule has 1 aromatic rings. The summed E-state index contributed by atoms with van der Waals surface area (Å²) in [5.74, 6) is -0.0310. The van der Waals surface area contributed by atoms with Crippen molar-refractivity contribution in [2.75, 3.05) is 11.9 Å². The summed E-state index contributed by atoms with van der Waals surface area (Å²) >= 11 is 0. The predicted octanol–water partition coefficient (Wildman–Crippen LogP) is 1.46. The summed E-state index contributed by atoms with van der Waals surface area (Å²) in [6.07, 6.45) is 1.70. The summed E-state index contributed by atoms with van der Waals surface area (Å²) in [5, 5.41) is 5.31. The maximum Gasteiger partial charge on any atom is 0.224 e. The Kier molecular flexibility index (Phi) is 5.05. The standard InChI is InChI=1S/C12H16N2O2/c1-10-4-6-11(7-5-10)14-12(16)3-2-8-13-9-15/h4-7,9H,2-3,8H2,1H3,(H,13,15)(H,14,16). The molecule has 0 saturated heterocycles. The van der Waals surface area contributed by atoms with E-state index in [4.69, 9.17) is 0 Å². The summed E-state index contributed by atoms with van der Waals surface area (Å²) in [4.78, 5) is 21.4. The maximum atomic E-state index is 11.4. The molecule has 1 aromatic carbocycles. The maximum absolute atomic E-state index is 11.4. The number of hydrogen-bond donors (Lipinski definition) is 2. The fourth-order valence-electron chi connectivity index (χ4n) is 1.27. The topological polar surface area (TPSA) is 58.2 Å². The monoisotopic (exact) mass is 220 g/mol. The van der Waals surface area contributed by atoms with Crippen LogP contribution < -0.4 is 10.6 Å². The van der Waals surface area contributed by atoms with Crippen LogP contribution in [0.25, 0.3) is 0 Å². The zero-order valence-electron chi connectivity index (χ0n) is 9.32. The van der Waals surface area contributed by atoms with E-state index in [1.807, 2.05) is 31.2 Å². The van der Waals surface area contributed by atoms with E-state index >= 15 is 0 Å². The zero-order valence-corrected chi connectivity index (χ0v) is 9.32. The largest absolute Gasteiger partial charge is 0.359 e. The second-order valence-electron chi connectivity index (χ2n) is 3.59. The van der Waals surface area contributed by atoms with E-state index in [0.717, 1.165) is 11.3 Å². The van der Waals surface area contributed by atoms with Gasteiger partial charge in [0.2, 0.25) is 12.3 Å². The Bertz CT molecular complexity index is 347. The van der Waals surface area contributed by atoms with Crippen molar-refractivity contribution in [1.29, 1.82) is 0 Å². The summed E-state index contributed by atoms with van der Waals surface area (Å²) in [7, 11) is 0. The van der Waals surface area contributed by atoms with Crippen molar-refractivity contribution in [1.82, 2.24) is 5.32 Å². The molecule has 4 nitrogen and oxygen atoms in total. The van der Waals surface area contributed by atoms with Gasteiger partial charge in [0.05, 0.1) is 0 Å². The molecule has 0 saturated carbocycles. The van der Waals surface area contributed by atoms with Gasteiger partial charge in [-0.2, -0.15) is 0 Å². The minimum atomic E-state index is -0.0310. The molecule has 2 amide bonds. The first-order valence-electron chi connectivity index (χ1n) is 5.26. The van der Waals surface area contributed by atoms with Crippen molar-refractivity contribution < 1.29 is 9.59 Å². The second kappa shape index (κ2) is 6.61. The lowest BCUT2D eigenvalue weighted by Crippen LogP contribution is -2.16. The molecule has 2 N–H and O–H groups in total. The fraction of sp³-hybridized carbons (Fsp3) is 0.333. The van der Waals surface area contributed by atoms with E-state index in [2.05, 4.69) is 10.6 Å². The molecule has 0 fully saturated rings. The highest BCUT2D eigenvalue weighted by molar-refractivity contribution is 5.90. The van der Waals surface area contributed by atoms with Gasteiger partial charge < -0.3 is 10.6 Å². The SMILES string of the molecule is Cc1ccc(NC(=O)CCCNC=O)cc1. The molecule has 0 spiro atoms. The van der Waals surface area contributed by atoms with E-state index in [1.165, 1.54) is 0 Å². The Labute approximate surface area is 95.0 Å². The van der Waals surface area contributed by atoms with E-state index in [0.29, 0.717) is 25.8 Å². The molecule has 0 aliphatic carbocycles. The number of nitrogens with one attached hydrogen (secondary N) is 2. The highest BCUT2D eigenvalue weighted by Crippen LogP contribution is 2.08. The third kappa shape index (κ3) is 4.59. The Morgan fingerprint density at radius 3 is 2.62 bits per heavy atom. The number of aryl methyl sites for hydroxylation is 1. The van der Waals surface area contributed by atoms with Gasteiger partial charge in [0.15, 0.2) is 0 Å². The molecule has 0 aliphatic rings. The average molecular weight is 220 g/mol. The van der Waals surface area contributed by atoms with Crippen molar-refractivity contribution >= 4 is 18.0 Å². The molecule has 0 heterocycles. The number of amides is 2. The smallest absolute Gasteiger partial charge is 0.224 e. The van der Waals surface area contributed by atoms with Crippen molar-refractivity contribution in [3.63, 3.8) is 0 Å². The number of carbonyl (C=O) groups is 2. The first kappa shape index (κ1) is 12.2. The summed E-state index contributed by atoms with van der Waals surface area (Å²) in [5.41, 5.74) is 1.96. The van der Waals surface area contributed by atoms with Crippen molar-refractivity contribution in [2.45, 2.75) is 19.8 Å². The molecule has 0 unspecified atom stereocenters. The molecular formula is C12H16N2O2. The lowest BCUT2D eigenvalue weighted by Gasteiger charge is -2.05. The third-order valence-electron chi connectivity index (χ3n) is 2.14. The molecule has 0 aromatic heterocycles. The van der Waals surface area contributed by atoms with Crippen LogP contribution in [0.1, 0.15) is 18.4 Å². The van der Waals surface area contributed by atoms with Gasteiger partial charge in [-0.05, 0) is 25.5 Å². The van der Waals surface area contributed by atoms with Crippen LogP contribution in [-0.2, 0) is 9.59 Å². The number of carbonyl (C=O) groups excluding carboxylic acids is 2. The highest BCUT2D eigenvalue weighted by atomic mass is 16.1. The lowest BCUT2D eigenvalue weighted by atomic mass is 10.2. The molecule has 0 bridgehead atoms. The van der Waals surface area contributed by atoms with E-state index < -0.39 is 0 Å². The van der Waals surface area contributed by atoms with Crippen molar-refractivity contribution in [3.05, 3.63) is 29.8 Å². The molecule has 0 radical (unpaired) electrons. The normalized spacial score (nSPS) is 9.56. The molecule has 16 heavy (non-hydrogen) atoms. The van der Waals surface area contributed by atoms with Crippen LogP contribution in [0.15, 0.2) is 24.3 Å². The molecular weight excluding hydrogens is 204 g/mol. The Morgan fingerprint density at radius 1 is 1.31 bits per heavy atom. The molecule has 1 rings (SSSR count). The summed E-state index contributed by atoms with van der Waals surface area (Å²) in [6.45, 7) is 2.53. The minimum Gasteiger partial charge on any atom is -0.359 e. The number of anilines is 1. The number of benzene rings is 1. The van der Waals surface area contributed by atoms with Gasteiger partial charge in [-0.1, -0.05) is 17.7 Å². The van der Waals surface area contributed by atoms with Gasteiger partial charge in [-0.25, -0.2) is 0 Å². The molecule has 0 atom stereocenters. The summed E-state index contributed by atoms with van der Waals surface area (Å²) in [6, 6.07) is 7.64. The Hall–Kier alpha value is -1.84. The van der Waals surface area contributed by atoms with E-state index in [1.54, 1.807) is 0 Å². The molecule has 4 heteroatoms. The second-order valence-corrected chi connectivity index (χ2v) is 3.59. The zero-order chi connectivity index (χ0) is 11.8. The van der Waals surface area contributed by atoms with E-state index in [9.17, 15) is 9.59 Å². The van der Waals surface area contributed by atoms with Crippen molar-refractivity contribution in [3.8, 4) is 0 Å². The van der Waals surface area contributed by atoms with Crippen LogP contribution in [-0.4, -0.2) is 18.9 Å². The first-order chi connectivity index (χ1) is 7.72. The Balaban J connectivity index is 2.28. The van der Waals surface area contributed by atoms with Gasteiger partial charge in [-0.3, -0.25) is 9.59 Å². The van der Waals surface area contributed by atoms with Gasteiger partial charge in [-0.15, -0.1) is 0 Å². The number of rotatable bonds is 6. The average Bonchev–Trinajstić information content (AvgIpc) is 2.28. The minimum absolute atomic E-state index is 0.0310. The molecule has 86 valence electrons. The van der Waals surface area contributed by atoms with Crippen LogP contribution in [0.3, 0.4) is 0 Å². The van der Waals surface area contributed by atoms with Crippen LogP contribution in [0.5, 0.6) is 0 Å². The lowest BCUT2D eigenvalue weighted by molar-refractivity contribution is -0.116. The Morgan fingerprint density at radius 2 is 2.00 bits per heavy atom. The van der Waals surface area contributed by atoms with Gasteiger partial charge in [0.1, 0.15) is 0 Å². The molecule has 0 aliphatic heterocycles. The predicted molar refractivity (Wildman–Crippen MR) is 63.1 cm³/mol. The summed E-state index contributed by atoms with van der Waals surface area (Å²) < 4.78 is 0. The van der Waals surface area contributed by atoms with Crippen LogP contribution >= 0.6 is 0 Å². The van der Waals surface area contributed by atoms with Crippen LogP contribution in [0.4, 0.5) is 5.69 Å². The van der Waals surface area contributed by atoms with Crippen LogP contribution in [0.2, 0.25) is 0 Å². The van der Waals surface area contributed by atoms with Crippen LogP contribution in [0, 0.1) is 6.92 Å². The van der Waals surface area contributed by atoms with Crippen molar-refractivity contribution in [2.24, 2.45) is 0 Å². The van der Waals surface area contributed by atoms with E-state index in [-0.39, 0.29) is 5.91 Å². The highest BCUT2D eigenvalue weighted by Gasteiger charge is 2.01. The van der Waals surface area contributed by atoms with Gasteiger partial charge >= 0.3 is 0 Å². The quantitative estimate of drug-likeness (QED) is 0.563. The third-order valence-corrected chi connectivity index (χ3v) is 2.14. The number of hydrogen-bond acceptors (Lipinski definition) is 2. The van der Waals surface area contributed by atoms with Gasteiger partial charge in [0.25, 0.3) is 0 Å². The fourth-order valence-corrected chi connectivity index (χ4v) is 1.27.